The second-order valence-corrected chi connectivity index (χ2v) is 4.57. The quantitative estimate of drug-likeness (QED) is 0.743. The molecule has 0 saturated carbocycles. The Hall–Kier alpha value is -1.01. The number of hydrogen-bond donors (Lipinski definition) is 2. The zero-order valence-electron chi connectivity index (χ0n) is 9.64. The second kappa shape index (κ2) is 6.55. The van der Waals surface area contributed by atoms with Crippen LogP contribution in [0.2, 0.25) is 0 Å². The Morgan fingerprint density at radius 2 is 2.50 bits per heavy atom. The highest BCUT2D eigenvalue weighted by Gasteiger charge is 2.12. The van der Waals surface area contributed by atoms with Crippen molar-refractivity contribution >= 4 is 17.7 Å². The van der Waals surface area contributed by atoms with Crippen LogP contribution in [0.25, 0.3) is 0 Å². The Morgan fingerprint density at radius 3 is 3.06 bits per heavy atom. The lowest BCUT2D eigenvalue weighted by Crippen LogP contribution is -2.40. The van der Waals surface area contributed by atoms with Crippen LogP contribution in [0.4, 0.5) is 0 Å². The summed E-state index contributed by atoms with van der Waals surface area (Å²) in [5.41, 5.74) is 6.56. The molecule has 0 aliphatic rings. The largest absolute Gasteiger partial charge is 0.349 e. The highest BCUT2D eigenvalue weighted by atomic mass is 32.2. The monoisotopic (exact) mass is 242 g/mol. The van der Waals surface area contributed by atoms with Crippen LogP contribution < -0.4 is 11.1 Å². The summed E-state index contributed by atoms with van der Waals surface area (Å²) in [6.45, 7) is 0.437. The number of nitrogens with zero attached hydrogens (tertiary/aromatic N) is 2. The van der Waals surface area contributed by atoms with Crippen molar-refractivity contribution in [3.05, 3.63) is 18.0 Å². The molecule has 90 valence electrons. The molecule has 1 aromatic heterocycles. The second-order valence-electron chi connectivity index (χ2n) is 3.59. The number of nitrogens with two attached hydrogens (primary N) is 1. The molecular formula is C10H18N4OS. The zero-order valence-corrected chi connectivity index (χ0v) is 10.5. The summed E-state index contributed by atoms with van der Waals surface area (Å²) in [6.07, 6.45) is 4.54. The van der Waals surface area contributed by atoms with Crippen LogP contribution >= 0.6 is 11.8 Å². The molecule has 0 bridgehead atoms. The summed E-state index contributed by atoms with van der Waals surface area (Å²) in [7, 11) is 1.84. The van der Waals surface area contributed by atoms with E-state index in [1.54, 1.807) is 16.4 Å². The highest BCUT2D eigenvalue weighted by molar-refractivity contribution is 7.98. The van der Waals surface area contributed by atoms with Gasteiger partial charge in [0.2, 0.25) is 5.91 Å². The third-order valence-electron chi connectivity index (χ3n) is 2.18. The van der Waals surface area contributed by atoms with E-state index in [4.69, 9.17) is 5.73 Å². The molecule has 0 aliphatic carbocycles. The van der Waals surface area contributed by atoms with Crippen LogP contribution in [-0.2, 0) is 18.4 Å². The third-order valence-corrected chi connectivity index (χ3v) is 2.83. The van der Waals surface area contributed by atoms with Gasteiger partial charge in [-0.25, -0.2) is 0 Å². The first-order valence-corrected chi connectivity index (χ1v) is 6.53. The summed E-state index contributed by atoms with van der Waals surface area (Å²) >= 11 is 1.69. The van der Waals surface area contributed by atoms with Gasteiger partial charge in [0.05, 0.1) is 18.3 Å². The van der Waals surface area contributed by atoms with Crippen molar-refractivity contribution in [2.24, 2.45) is 12.8 Å². The first-order valence-electron chi connectivity index (χ1n) is 5.14. The minimum Gasteiger partial charge on any atom is -0.349 e. The van der Waals surface area contributed by atoms with E-state index >= 15 is 0 Å². The number of carbonyl (C=O) groups is 1. The van der Waals surface area contributed by atoms with Crippen molar-refractivity contribution in [2.45, 2.75) is 19.0 Å². The first-order chi connectivity index (χ1) is 7.63. The lowest BCUT2D eigenvalue weighted by atomic mass is 10.2. The molecule has 6 heteroatoms. The van der Waals surface area contributed by atoms with Crippen LogP contribution in [0.5, 0.6) is 0 Å². The van der Waals surface area contributed by atoms with E-state index in [0.717, 1.165) is 11.4 Å². The van der Waals surface area contributed by atoms with E-state index in [1.165, 1.54) is 0 Å². The van der Waals surface area contributed by atoms with Crippen molar-refractivity contribution in [2.75, 3.05) is 12.0 Å². The normalized spacial score (nSPS) is 12.4. The molecule has 0 fully saturated rings. The van der Waals surface area contributed by atoms with Gasteiger partial charge in [0, 0.05) is 13.2 Å². The van der Waals surface area contributed by atoms with E-state index in [2.05, 4.69) is 10.4 Å². The van der Waals surface area contributed by atoms with Crippen LogP contribution in [0.3, 0.4) is 0 Å². The van der Waals surface area contributed by atoms with Gasteiger partial charge in [0.25, 0.3) is 0 Å². The van der Waals surface area contributed by atoms with Crippen LogP contribution in [0.15, 0.2) is 12.3 Å². The van der Waals surface area contributed by atoms with Crippen molar-refractivity contribution in [3.63, 3.8) is 0 Å². The van der Waals surface area contributed by atoms with E-state index in [0.29, 0.717) is 13.0 Å². The number of aromatic nitrogens is 2. The molecule has 0 saturated heterocycles. The molecule has 3 N–H and O–H groups in total. The minimum atomic E-state index is -0.420. The fourth-order valence-corrected chi connectivity index (χ4v) is 1.73. The molecule has 1 aromatic rings. The molecule has 1 atom stereocenters. The Morgan fingerprint density at radius 1 is 1.75 bits per heavy atom. The Balaban J connectivity index is 2.29. The Bertz CT molecular complexity index is 339. The van der Waals surface area contributed by atoms with E-state index in [9.17, 15) is 4.79 Å². The molecule has 0 aliphatic heterocycles. The molecule has 0 radical (unpaired) electrons. The van der Waals surface area contributed by atoms with Gasteiger partial charge in [-0.3, -0.25) is 9.48 Å². The molecule has 16 heavy (non-hydrogen) atoms. The average Bonchev–Trinajstić information content (AvgIpc) is 2.68. The average molecular weight is 242 g/mol. The number of thioether (sulfide) groups is 1. The summed E-state index contributed by atoms with van der Waals surface area (Å²) in [4.78, 5) is 11.5. The van der Waals surface area contributed by atoms with E-state index in [1.807, 2.05) is 25.6 Å². The molecule has 0 aromatic carbocycles. The van der Waals surface area contributed by atoms with Gasteiger partial charge in [0.1, 0.15) is 0 Å². The summed E-state index contributed by atoms with van der Waals surface area (Å²) in [5.74, 6) is 0.790. The highest BCUT2D eigenvalue weighted by Crippen LogP contribution is 1.99. The van der Waals surface area contributed by atoms with Gasteiger partial charge >= 0.3 is 0 Å². The maximum absolute atomic E-state index is 11.5. The smallest absolute Gasteiger partial charge is 0.237 e. The molecular weight excluding hydrogens is 224 g/mol. The number of carbonyl (C=O) groups excluding carboxylic acids is 1. The van der Waals surface area contributed by atoms with Gasteiger partial charge in [0.15, 0.2) is 0 Å². The van der Waals surface area contributed by atoms with E-state index in [-0.39, 0.29) is 5.91 Å². The number of amides is 1. The van der Waals surface area contributed by atoms with Gasteiger partial charge in [-0.05, 0) is 24.5 Å². The Labute approximate surface area is 99.8 Å². The third kappa shape index (κ3) is 4.24. The zero-order chi connectivity index (χ0) is 12.0. The lowest BCUT2D eigenvalue weighted by molar-refractivity contribution is -0.122. The topological polar surface area (TPSA) is 72.9 Å². The maximum Gasteiger partial charge on any atom is 0.237 e. The molecule has 1 rings (SSSR count). The SMILES string of the molecule is CSCC[C@@H](N)C(=O)NCc1ccn(C)n1. The fraction of sp³-hybridized carbons (Fsp3) is 0.600. The van der Waals surface area contributed by atoms with E-state index < -0.39 is 6.04 Å². The predicted octanol–water partition coefficient (Wildman–Crippen LogP) is 0.117. The van der Waals surface area contributed by atoms with Crippen LogP contribution in [0.1, 0.15) is 12.1 Å². The maximum atomic E-state index is 11.5. The molecule has 1 amide bonds. The van der Waals surface area contributed by atoms with Crippen molar-refractivity contribution in [1.82, 2.24) is 15.1 Å². The summed E-state index contributed by atoms with van der Waals surface area (Å²) in [6, 6.07) is 1.45. The van der Waals surface area contributed by atoms with Crippen molar-refractivity contribution in [3.8, 4) is 0 Å². The molecule has 0 spiro atoms. The molecule has 5 nitrogen and oxygen atoms in total. The van der Waals surface area contributed by atoms with Gasteiger partial charge in [-0.15, -0.1) is 0 Å². The number of rotatable bonds is 6. The standard InChI is InChI=1S/C10H18N4OS/c1-14-5-3-8(13-14)7-12-10(15)9(11)4-6-16-2/h3,5,9H,4,6-7,11H2,1-2H3,(H,12,15)/t9-/m1/s1. The fourth-order valence-electron chi connectivity index (χ4n) is 1.24. The number of hydrogen-bond acceptors (Lipinski definition) is 4. The Kier molecular flexibility index (Phi) is 5.34. The van der Waals surface area contributed by atoms with Crippen molar-refractivity contribution < 1.29 is 4.79 Å². The minimum absolute atomic E-state index is 0.111. The van der Waals surface area contributed by atoms with Gasteiger partial charge in [-0.2, -0.15) is 16.9 Å². The van der Waals surface area contributed by atoms with Gasteiger partial charge in [-0.1, -0.05) is 0 Å². The summed E-state index contributed by atoms with van der Waals surface area (Å²) < 4.78 is 1.70. The van der Waals surface area contributed by atoms with Crippen molar-refractivity contribution in [1.29, 1.82) is 0 Å². The van der Waals surface area contributed by atoms with Crippen LogP contribution in [0, 0.1) is 0 Å². The molecule has 0 unspecified atom stereocenters. The number of aryl methyl sites for hydroxylation is 1. The first kappa shape index (κ1) is 13.1. The van der Waals surface area contributed by atoms with Gasteiger partial charge < -0.3 is 11.1 Å². The lowest BCUT2D eigenvalue weighted by Gasteiger charge is -2.10. The molecule has 1 heterocycles. The van der Waals surface area contributed by atoms with Crippen LogP contribution in [-0.4, -0.2) is 33.7 Å². The number of nitrogens with one attached hydrogen (secondary N) is 1. The summed E-state index contributed by atoms with van der Waals surface area (Å²) in [5, 5.41) is 6.93. The predicted molar refractivity (Wildman–Crippen MR) is 66.0 cm³/mol.